The first kappa shape index (κ1) is 21.2. The van der Waals surface area contributed by atoms with E-state index in [1.807, 2.05) is 19.1 Å². The van der Waals surface area contributed by atoms with Crippen molar-refractivity contribution in [2.75, 3.05) is 13.1 Å². The Hall–Kier alpha value is -2.04. The Labute approximate surface area is 181 Å². The van der Waals surface area contributed by atoms with Crippen LogP contribution in [0.15, 0.2) is 47.6 Å². The number of amides is 1. The Morgan fingerprint density at radius 3 is 2.57 bits per heavy atom. The van der Waals surface area contributed by atoms with Gasteiger partial charge in [-0.15, -0.1) is 0 Å². The first-order valence-electron chi connectivity index (χ1n) is 9.89. The van der Waals surface area contributed by atoms with Crippen molar-refractivity contribution in [3.8, 4) is 0 Å². The maximum atomic E-state index is 12.9. The van der Waals surface area contributed by atoms with E-state index in [1.165, 1.54) is 22.5 Å². The van der Waals surface area contributed by atoms with E-state index < -0.39 is 15.9 Å². The third-order valence-electron chi connectivity index (χ3n) is 5.68. The second-order valence-corrected chi connectivity index (χ2v) is 9.96. The van der Waals surface area contributed by atoms with Gasteiger partial charge in [0, 0.05) is 31.4 Å². The highest BCUT2D eigenvalue weighted by Gasteiger charge is 2.35. The maximum Gasteiger partial charge on any atom is 0.254 e. The van der Waals surface area contributed by atoms with Gasteiger partial charge in [-0.2, -0.15) is 4.31 Å². The fourth-order valence-corrected chi connectivity index (χ4v) is 5.64. The minimum Gasteiger partial charge on any atom is -0.335 e. The zero-order chi connectivity index (χ0) is 21.3. The Kier molecular flexibility index (Phi) is 6.08. The number of nitrogens with one attached hydrogen (secondary N) is 3. The number of sulfonamides is 1. The number of hydrogen-bond acceptors (Lipinski definition) is 6. The summed E-state index contributed by atoms with van der Waals surface area (Å²) < 4.78 is 27.1. The predicted octanol–water partition coefficient (Wildman–Crippen LogP) is 2.06. The molecule has 0 radical (unpaired) electrons. The molecule has 2 aliphatic heterocycles. The van der Waals surface area contributed by atoms with E-state index in [9.17, 15) is 13.2 Å². The number of hydrazine groups is 1. The normalized spacial score (nSPS) is 24.8. The van der Waals surface area contributed by atoms with Crippen LogP contribution in [0, 0.1) is 5.92 Å². The van der Waals surface area contributed by atoms with Gasteiger partial charge >= 0.3 is 0 Å². The van der Waals surface area contributed by atoms with Crippen molar-refractivity contribution >= 4 is 27.5 Å². The Morgan fingerprint density at radius 2 is 1.87 bits per heavy atom. The Balaban J connectivity index is 1.51. The van der Waals surface area contributed by atoms with Crippen LogP contribution in [-0.2, 0) is 10.0 Å². The molecular formula is C20H24ClN5O3S. The smallest absolute Gasteiger partial charge is 0.254 e. The summed E-state index contributed by atoms with van der Waals surface area (Å²) in [7, 11) is -3.63. The largest absolute Gasteiger partial charge is 0.335 e. The van der Waals surface area contributed by atoms with Gasteiger partial charge in [-0.05, 0) is 48.7 Å². The van der Waals surface area contributed by atoms with Crippen molar-refractivity contribution < 1.29 is 13.2 Å². The van der Waals surface area contributed by atoms with Crippen LogP contribution < -0.4 is 16.2 Å². The Bertz CT molecular complexity index is 1030. The molecule has 0 saturated carbocycles. The average Bonchev–Trinajstić information content (AvgIpc) is 3.40. The molecule has 3 atom stereocenters. The third-order valence-corrected chi connectivity index (χ3v) is 7.91. The minimum absolute atomic E-state index is 0.00403. The van der Waals surface area contributed by atoms with Crippen molar-refractivity contribution in [2.24, 2.45) is 5.92 Å². The molecule has 2 aromatic rings. The van der Waals surface area contributed by atoms with Gasteiger partial charge in [-0.1, -0.05) is 18.5 Å². The molecule has 8 nitrogen and oxygen atoms in total. The van der Waals surface area contributed by atoms with Gasteiger partial charge in [0.15, 0.2) is 0 Å². The average molecular weight is 450 g/mol. The van der Waals surface area contributed by atoms with Gasteiger partial charge in [-0.25, -0.2) is 19.3 Å². The van der Waals surface area contributed by atoms with E-state index in [0.29, 0.717) is 13.1 Å². The number of halogens is 1. The summed E-state index contributed by atoms with van der Waals surface area (Å²) in [6.07, 6.45) is 4.78. The molecule has 3 heterocycles. The third kappa shape index (κ3) is 4.08. The fourth-order valence-electron chi connectivity index (χ4n) is 3.90. The van der Waals surface area contributed by atoms with Crippen LogP contribution in [0.5, 0.6) is 0 Å². The summed E-state index contributed by atoms with van der Waals surface area (Å²) in [6, 6.07) is 8.11. The van der Waals surface area contributed by atoms with E-state index >= 15 is 0 Å². The lowest BCUT2D eigenvalue weighted by Gasteiger charge is -2.20. The molecule has 1 aromatic heterocycles. The van der Waals surface area contributed by atoms with Crippen LogP contribution in [0.4, 0.5) is 0 Å². The van der Waals surface area contributed by atoms with Gasteiger partial charge in [-0.3, -0.25) is 9.78 Å². The molecule has 4 rings (SSSR count). The van der Waals surface area contributed by atoms with Gasteiger partial charge in [0.05, 0.1) is 27.7 Å². The molecule has 160 valence electrons. The molecule has 0 spiro atoms. The SMILES string of the molecule is CC1C(NC(=O)c2cc(S(=O)(=O)N3CCCC3)ccc2Cl)NNC1c1ccncc1. The van der Waals surface area contributed by atoms with E-state index in [-0.39, 0.29) is 33.6 Å². The summed E-state index contributed by atoms with van der Waals surface area (Å²) >= 11 is 6.24. The summed E-state index contributed by atoms with van der Waals surface area (Å²) in [5.41, 5.74) is 7.47. The molecule has 2 aliphatic rings. The maximum absolute atomic E-state index is 12.9. The number of nitrogens with zero attached hydrogens (tertiary/aromatic N) is 2. The van der Waals surface area contributed by atoms with Crippen LogP contribution in [0.3, 0.4) is 0 Å². The molecule has 3 N–H and O–H groups in total. The molecule has 30 heavy (non-hydrogen) atoms. The monoisotopic (exact) mass is 449 g/mol. The second kappa shape index (κ2) is 8.60. The Morgan fingerprint density at radius 1 is 1.17 bits per heavy atom. The van der Waals surface area contributed by atoms with Crippen LogP contribution in [0.1, 0.15) is 41.7 Å². The van der Waals surface area contributed by atoms with Crippen LogP contribution >= 0.6 is 11.6 Å². The first-order valence-corrected chi connectivity index (χ1v) is 11.7. The highest BCUT2D eigenvalue weighted by atomic mass is 35.5. The van der Waals surface area contributed by atoms with E-state index in [2.05, 4.69) is 21.2 Å². The molecular weight excluding hydrogens is 426 g/mol. The molecule has 1 amide bonds. The van der Waals surface area contributed by atoms with E-state index in [4.69, 9.17) is 11.6 Å². The number of benzene rings is 1. The number of carbonyl (C=O) groups excluding carboxylic acids is 1. The highest BCUT2D eigenvalue weighted by molar-refractivity contribution is 7.89. The van der Waals surface area contributed by atoms with Crippen molar-refractivity contribution in [1.29, 1.82) is 0 Å². The summed E-state index contributed by atoms with van der Waals surface area (Å²) in [4.78, 5) is 17.0. The van der Waals surface area contributed by atoms with Crippen LogP contribution in [0.25, 0.3) is 0 Å². The number of pyridine rings is 1. The molecule has 0 bridgehead atoms. The zero-order valence-corrected chi connectivity index (χ0v) is 18.1. The van der Waals surface area contributed by atoms with E-state index in [0.717, 1.165) is 18.4 Å². The number of hydrogen-bond donors (Lipinski definition) is 3. The molecule has 2 saturated heterocycles. The van der Waals surface area contributed by atoms with E-state index in [1.54, 1.807) is 12.4 Å². The second-order valence-electron chi connectivity index (χ2n) is 7.61. The number of rotatable bonds is 5. The topological polar surface area (TPSA) is 103 Å². The van der Waals surface area contributed by atoms with Gasteiger partial charge < -0.3 is 5.32 Å². The summed E-state index contributed by atoms with van der Waals surface area (Å²) in [5, 5.41) is 3.12. The molecule has 3 unspecified atom stereocenters. The zero-order valence-electron chi connectivity index (χ0n) is 16.5. The molecule has 2 fully saturated rings. The van der Waals surface area contributed by atoms with Crippen molar-refractivity contribution in [3.05, 3.63) is 58.9 Å². The number of aromatic nitrogens is 1. The predicted molar refractivity (Wildman–Crippen MR) is 113 cm³/mol. The van der Waals surface area contributed by atoms with Crippen LogP contribution in [0.2, 0.25) is 5.02 Å². The van der Waals surface area contributed by atoms with Gasteiger partial charge in [0.2, 0.25) is 10.0 Å². The standard InChI is InChI=1S/C20H24ClN5O3S/c1-13-18(14-6-8-22-9-7-14)24-25-19(13)23-20(27)16-12-15(4-5-17(16)21)30(28,29)26-10-2-3-11-26/h4-9,12-13,18-19,24-25H,2-3,10-11H2,1H3,(H,23,27). The lowest BCUT2D eigenvalue weighted by molar-refractivity contribution is 0.0922. The lowest BCUT2D eigenvalue weighted by atomic mass is 9.95. The van der Waals surface area contributed by atoms with Crippen molar-refractivity contribution in [3.63, 3.8) is 0 Å². The quantitative estimate of drug-likeness (QED) is 0.645. The van der Waals surface area contributed by atoms with Gasteiger partial charge in [0.25, 0.3) is 5.91 Å². The highest BCUT2D eigenvalue weighted by Crippen LogP contribution is 2.28. The van der Waals surface area contributed by atoms with Crippen molar-refractivity contribution in [1.82, 2.24) is 25.5 Å². The van der Waals surface area contributed by atoms with Crippen LogP contribution in [-0.4, -0.2) is 42.9 Å². The fraction of sp³-hybridized carbons (Fsp3) is 0.400. The van der Waals surface area contributed by atoms with Crippen molar-refractivity contribution in [2.45, 2.75) is 36.9 Å². The molecule has 0 aliphatic carbocycles. The minimum atomic E-state index is -3.63. The lowest BCUT2D eigenvalue weighted by Crippen LogP contribution is -2.46. The summed E-state index contributed by atoms with van der Waals surface area (Å²) in [5.74, 6) is -0.397. The molecule has 10 heteroatoms. The molecule has 1 aromatic carbocycles. The summed E-state index contributed by atoms with van der Waals surface area (Å²) in [6.45, 7) is 3.01. The van der Waals surface area contributed by atoms with Gasteiger partial charge in [0.1, 0.15) is 0 Å². The number of carbonyl (C=O) groups is 1. The first-order chi connectivity index (χ1) is 14.4.